The van der Waals surface area contributed by atoms with Crippen molar-refractivity contribution in [3.05, 3.63) is 0 Å². The molecule has 17 heavy (non-hydrogen) atoms. The van der Waals surface area contributed by atoms with Gasteiger partial charge in [-0.05, 0) is 25.1 Å². The van der Waals surface area contributed by atoms with Crippen molar-refractivity contribution >= 4 is 16.5 Å². The molecule has 0 aromatic heterocycles. The molecule has 0 radical (unpaired) electrons. The van der Waals surface area contributed by atoms with Crippen LogP contribution in [0.3, 0.4) is 0 Å². The minimum atomic E-state index is -1.04. The first kappa shape index (κ1) is 19.0. The molecule has 1 fully saturated rings. The predicted octanol–water partition coefficient (Wildman–Crippen LogP) is -0.363. The molecule has 0 saturated carbocycles. The summed E-state index contributed by atoms with van der Waals surface area (Å²) in [6.45, 7) is 11.6. The Balaban J connectivity index is 0.00000256. The molecule has 0 atom stereocenters. The van der Waals surface area contributed by atoms with Crippen LogP contribution in [0.4, 0.5) is 0 Å². The molecule has 0 amide bonds. The first-order chi connectivity index (χ1) is 7.40. The van der Waals surface area contributed by atoms with E-state index in [0.29, 0.717) is 0 Å². The normalized spacial score (nSPS) is 22.4. The summed E-state index contributed by atoms with van der Waals surface area (Å²) >= 11 is 0. The molecule has 0 aromatic rings. The zero-order valence-corrected chi connectivity index (χ0v) is 17.6. The Labute approximate surface area is 152 Å². The van der Waals surface area contributed by atoms with Crippen molar-refractivity contribution in [3.63, 3.8) is 0 Å². The van der Waals surface area contributed by atoms with E-state index >= 15 is 0 Å². The van der Waals surface area contributed by atoms with E-state index in [9.17, 15) is 5.11 Å². The van der Waals surface area contributed by atoms with E-state index < -0.39 is 16.5 Å². The molecular weight excluding hydrogens is 269 g/mol. The van der Waals surface area contributed by atoms with E-state index in [4.69, 9.17) is 0 Å². The smallest absolute Gasteiger partial charge is 0.854 e. The van der Waals surface area contributed by atoms with Crippen LogP contribution in [0.5, 0.6) is 0 Å². The summed E-state index contributed by atoms with van der Waals surface area (Å²) in [5, 5.41) is 10.4. The van der Waals surface area contributed by atoms with Gasteiger partial charge in [0.25, 0.3) is 0 Å². The Kier molecular flexibility index (Phi) is 9.29. The summed E-state index contributed by atoms with van der Waals surface area (Å²) in [5.74, 6) is 0. The fourth-order valence-electron chi connectivity index (χ4n) is 3.03. The second-order valence-corrected chi connectivity index (χ2v) is 16.2. The van der Waals surface area contributed by atoms with Crippen LogP contribution in [-0.2, 0) is 0 Å². The van der Waals surface area contributed by atoms with E-state index in [1.54, 1.807) is 0 Å². The molecule has 0 aliphatic carbocycles. The fraction of sp³-hybridized carbons (Fsp3) is 1.00. The van der Waals surface area contributed by atoms with Crippen LogP contribution in [0, 0.1) is 0 Å². The van der Waals surface area contributed by atoms with E-state index in [1.807, 2.05) is 0 Å². The molecule has 1 saturated heterocycles. The number of unbranched alkanes of at least 4 members (excludes halogenated alkanes) is 3. The summed E-state index contributed by atoms with van der Waals surface area (Å²) in [5.41, 5.74) is 0. The Bertz CT molecular complexity index is 209. The van der Waals surface area contributed by atoms with Crippen molar-refractivity contribution in [3.8, 4) is 0 Å². The van der Waals surface area contributed by atoms with Crippen molar-refractivity contribution < 1.29 is 56.5 Å². The van der Waals surface area contributed by atoms with Crippen LogP contribution in [0.2, 0.25) is 38.3 Å². The van der Waals surface area contributed by atoms with Gasteiger partial charge in [0.05, 0.1) is 0 Å². The Morgan fingerprint density at radius 1 is 0.882 bits per heavy atom. The summed E-state index contributed by atoms with van der Waals surface area (Å²) in [4.78, 5) is 0. The topological polar surface area (TPSA) is 26.3 Å². The molecule has 2 nitrogen and oxygen atoms in total. The molecule has 0 N–H and O–H groups in total. The van der Waals surface area contributed by atoms with Gasteiger partial charge in [-0.1, -0.05) is 45.5 Å². The monoisotopic (exact) mass is 297 g/mol. The quantitative estimate of drug-likeness (QED) is 0.494. The average Bonchev–Trinajstić information content (AvgIpc) is 2.39. The molecule has 1 aliphatic heterocycles. The van der Waals surface area contributed by atoms with Crippen molar-refractivity contribution in [2.45, 2.75) is 64.0 Å². The average molecular weight is 298 g/mol. The second kappa shape index (κ2) is 8.32. The van der Waals surface area contributed by atoms with Crippen LogP contribution in [-0.4, -0.2) is 33.9 Å². The third-order valence-corrected chi connectivity index (χ3v) is 14.5. The van der Waals surface area contributed by atoms with Gasteiger partial charge < -0.3 is 9.34 Å². The molecule has 96 valence electrons. The van der Waals surface area contributed by atoms with Gasteiger partial charge in [-0.25, -0.2) is 0 Å². The standard InChI is InChI=1S/C12H28NOSi2.K/c1-15(2)11-12-16(3,4)13(15)9-7-5-6-8-10-14;/h5-12H2,1-4H3;/q-1;+1. The predicted molar refractivity (Wildman–Crippen MR) is 74.6 cm³/mol. The third-order valence-electron chi connectivity index (χ3n) is 4.09. The van der Waals surface area contributed by atoms with E-state index in [1.165, 1.54) is 31.5 Å². The molecular formula is C12H28KNOSi2. The third kappa shape index (κ3) is 5.87. The second-order valence-electron chi connectivity index (χ2n) is 6.39. The van der Waals surface area contributed by atoms with Crippen LogP contribution in [0.25, 0.3) is 0 Å². The van der Waals surface area contributed by atoms with Crippen molar-refractivity contribution in [2.24, 2.45) is 0 Å². The zero-order valence-electron chi connectivity index (χ0n) is 12.5. The van der Waals surface area contributed by atoms with Gasteiger partial charge in [0.2, 0.25) is 0 Å². The molecule has 0 aromatic carbocycles. The molecule has 5 heteroatoms. The maximum Gasteiger partial charge on any atom is 1.00 e. The number of rotatable bonds is 6. The first-order valence-electron chi connectivity index (χ1n) is 6.76. The Morgan fingerprint density at radius 2 is 1.35 bits per heavy atom. The van der Waals surface area contributed by atoms with E-state index in [2.05, 4.69) is 30.4 Å². The van der Waals surface area contributed by atoms with Gasteiger partial charge in [-0.2, -0.15) is 0 Å². The zero-order chi connectivity index (χ0) is 12.2. The minimum absolute atomic E-state index is 0. The van der Waals surface area contributed by atoms with Crippen LogP contribution < -0.4 is 56.5 Å². The van der Waals surface area contributed by atoms with Gasteiger partial charge in [0.15, 0.2) is 0 Å². The summed E-state index contributed by atoms with van der Waals surface area (Å²) in [6, 6.07) is 3.01. The summed E-state index contributed by atoms with van der Waals surface area (Å²) in [6.07, 6.45) is 4.59. The molecule has 0 spiro atoms. The van der Waals surface area contributed by atoms with Crippen molar-refractivity contribution in [2.75, 3.05) is 13.2 Å². The van der Waals surface area contributed by atoms with Gasteiger partial charge in [0.1, 0.15) is 16.5 Å². The van der Waals surface area contributed by atoms with Crippen LogP contribution in [0.15, 0.2) is 0 Å². The maximum absolute atomic E-state index is 10.4. The summed E-state index contributed by atoms with van der Waals surface area (Å²) < 4.78 is 2.94. The first-order valence-corrected chi connectivity index (χ1v) is 13.1. The maximum atomic E-state index is 10.4. The van der Waals surface area contributed by atoms with Gasteiger partial charge in [0, 0.05) is 0 Å². The van der Waals surface area contributed by atoms with Gasteiger partial charge in [-0.3, -0.25) is 0 Å². The van der Waals surface area contributed by atoms with Gasteiger partial charge >= 0.3 is 51.4 Å². The molecule has 1 heterocycles. The number of hydrogen-bond acceptors (Lipinski definition) is 2. The van der Waals surface area contributed by atoms with Crippen molar-refractivity contribution in [1.82, 2.24) is 4.23 Å². The summed E-state index contributed by atoms with van der Waals surface area (Å²) in [7, 11) is -2.08. The SMILES string of the molecule is C[Si]1(C)CC[Si](C)(C)N1CCCCCC[O-].[K+]. The molecule has 1 rings (SSSR count). The Hall–Kier alpha value is 1.99. The number of hydrogen-bond donors (Lipinski definition) is 0. The van der Waals surface area contributed by atoms with E-state index in [0.717, 1.165) is 12.8 Å². The minimum Gasteiger partial charge on any atom is -0.854 e. The van der Waals surface area contributed by atoms with E-state index in [-0.39, 0.29) is 58.0 Å². The fourth-order valence-corrected chi connectivity index (χ4v) is 17.2. The van der Waals surface area contributed by atoms with Gasteiger partial charge in [-0.15, -0.1) is 6.61 Å². The Morgan fingerprint density at radius 3 is 1.82 bits per heavy atom. The van der Waals surface area contributed by atoms with Crippen LogP contribution >= 0.6 is 0 Å². The largest absolute Gasteiger partial charge is 1.00 e. The molecule has 0 bridgehead atoms. The molecule has 1 aliphatic rings. The van der Waals surface area contributed by atoms with Crippen molar-refractivity contribution in [1.29, 1.82) is 0 Å². The number of nitrogens with zero attached hydrogens (tertiary/aromatic N) is 1. The molecule has 0 unspecified atom stereocenters. The van der Waals surface area contributed by atoms with Crippen LogP contribution in [0.1, 0.15) is 25.7 Å².